The van der Waals surface area contributed by atoms with Gasteiger partial charge >= 0.3 is 0 Å². The maximum Gasteiger partial charge on any atom is 0.259 e. The van der Waals surface area contributed by atoms with E-state index in [4.69, 9.17) is 4.74 Å². The Morgan fingerprint density at radius 1 is 1.00 bits per heavy atom. The summed E-state index contributed by atoms with van der Waals surface area (Å²) in [6.07, 6.45) is 0. The molecule has 0 bridgehead atoms. The molecule has 1 amide bonds. The first-order valence-electron chi connectivity index (χ1n) is 12.0. The maximum atomic E-state index is 13.3. The quantitative estimate of drug-likeness (QED) is 0.551. The summed E-state index contributed by atoms with van der Waals surface area (Å²) in [5.41, 5.74) is 1.70. The summed E-state index contributed by atoms with van der Waals surface area (Å²) in [6, 6.07) is 12.1. The average molecular weight is 489 g/mol. The molecule has 1 aliphatic heterocycles. The van der Waals surface area contributed by atoms with E-state index in [-0.39, 0.29) is 10.8 Å². The average Bonchev–Trinajstić information content (AvgIpc) is 2.85. The molecule has 1 heterocycles. The molecule has 186 valence electrons. The molecule has 3 rings (SSSR count). The van der Waals surface area contributed by atoms with Crippen LogP contribution in [0.3, 0.4) is 0 Å². The van der Waals surface area contributed by atoms with Gasteiger partial charge in [-0.2, -0.15) is 4.31 Å². The first kappa shape index (κ1) is 26.0. The molecule has 0 saturated carbocycles. The number of nitrogens with one attached hydrogen (secondary N) is 1. The second-order valence-electron chi connectivity index (χ2n) is 8.07. The van der Waals surface area contributed by atoms with Gasteiger partial charge in [0, 0.05) is 39.3 Å². The molecule has 1 fully saturated rings. The maximum absolute atomic E-state index is 13.3. The van der Waals surface area contributed by atoms with Crippen LogP contribution in [0.2, 0.25) is 0 Å². The van der Waals surface area contributed by atoms with Crippen molar-refractivity contribution >= 4 is 27.3 Å². The number of nitrogens with zero attached hydrogens (tertiary/aromatic N) is 3. The number of hydrogen-bond donors (Lipinski definition) is 1. The topological polar surface area (TPSA) is 82.2 Å². The fourth-order valence-corrected chi connectivity index (χ4v) is 5.68. The first-order chi connectivity index (χ1) is 16.3. The lowest BCUT2D eigenvalue weighted by Crippen LogP contribution is -2.46. The molecule has 0 aliphatic carbocycles. The summed E-state index contributed by atoms with van der Waals surface area (Å²) in [6.45, 7) is 13.3. The van der Waals surface area contributed by atoms with Gasteiger partial charge in [-0.3, -0.25) is 4.79 Å². The normalized spacial score (nSPS) is 14.9. The SMILES string of the molecule is CCOc1ccccc1C(=O)Nc1cc(S(=O)(=O)N(CC)CC)ccc1N1CCN(CC)CC1. The lowest BCUT2D eigenvalue weighted by atomic mass is 10.1. The Hall–Kier alpha value is -2.62. The molecule has 0 unspecified atom stereocenters. The van der Waals surface area contributed by atoms with Crippen LogP contribution in [0.25, 0.3) is 0 Å². The van der Waals surface area contributed by atoms with E-state index >= 15 is 0 Å². The van der Waals surface area contributed by atoms with Crippen molar-refractivity contribution in [1.29, 1.82) is 0 Å². The third-order valence-electron chi connectivity index (χ3n) is 6.15. The molecule has 1 saturated heterocycles. The van der Waals surface area contributed by atoms with Gasteiger partial charge in [0.25, 0.3) is 5.91 Å². The van der Waals surface area contributed by atoms with Gasteiger partial charge in [-0.25, -0.2) is 8.42 Å². The van der Waals surface area contributed by atoms with Crippen molar-refractivity contribution in [3.8, 4) is 5.75 Å². The fourth-order valence-electron chi connectivity index (χ4n) is 4.19. The number of hydrogen-bond acceptors (Lipinski definition) is 6. The Morgan fingerprint density at radius 2 is 1.68 bits per heavy atom. The summed E-state index contributed by atoms with van der Waals surface area (Å²) >= 11 is 0. The largest absolute Gasteiger partial charge is 0.493 e. The Labute approximate surface area is 203 Å². The van der Waals surface area contributed by atoms with E-state index in [2.05, 4.69) is 22.0 Å². The van der Waals surface area contributed by atoms with Crippen molar-refractivity contribution in [2.24, 2.45) is 0 Å². The molecule has 9 heteroatoms. The highest BCUT2D eigenvalue weighted by Crippen LogP contribution is 2.32. The van der Waals surface area contributed by atoms with Crippen LogP contribution in [0.1, 0.15) is 38.1 Å². The smallest absolute Gasteiger partial charge is 0.259 e. The molecular formula is C25H36N4O4S. The molecule has 0 aromatic heterocycles. The fraction of sp³-hybridized carbons (Fsp3) is 0.480. The highest BCUT2D eigenvalue weighted by molar-refractivity contribution is 7.89. The standard InChI is InChI=1S/C25H36N4O4S/c1-5-27-15-17-28(18-16-27)23-14-13-20(34(31,32)29(6-2)7-3)19-22(23)26-25(30)21-11-9-10-12-24(21)33-8-4/h9-14,19H,5-8,15-18H2,1-4H3,(H,26,30). The number of para-hydroxylation sites is 1. The summed E-state index contributed by atoms with van der Waals surface area (Å²) in [5, 5.41) is 2.98. The number of carbonyl (C=O) groups is 1. The van der Waals surface area contributed by atoms with E-state index < -0.39 is 10.0 Å². The number of benzene rings is 2. The molecule has 2 aromatic rings. The van der Waals surface area contributed by atoms with E-state index in [1.165, 1.54) is 4.31 Å². The van der Waals surface area contributed by atoms with Gasteiger partial charge in [0.1, 0.15) is 5.75 Å². The minimum Gasteiger partial charge on any atom is -0.493 e. The van der Waals surface area contributed by atoms with Gasteiger partial charge in [0.2, 0.25) is 10.0 Å². The zero-order valence-electron chi connectivity index (χ0n) is 20.6. The zero-order valence-corrected chi connectivity index (χ0v) is 21.4. The van der Waals surface area contributed by atoms with Gasteiger partial charge < -0.3 is 19.9 Å². The predicted molar refractivity (Wildman–Crippen MR) is 136 cm³/mol. The minimum absolute atomic E-state index is 0.167. The summed E-state index contributed by atoms with van der Waals surface area (Å²) in [7, 11) is -3.67. The summed E-state index contributed by atoms with van der Waals surface area (Å²) < 4.78 is 33.4. The van der Waals surface area contributed by atoms with Crippen LogP contribution in [0, 0.1) is 0 Å². The third-order valence-corrected chi connectivity index (χ3v) is 8.20. The molecule has 34 heavy (non-hydrogen) atoms. The summed E-state index contributed by atoms with van der Waals surface area (Å²) in [5.74, 6) is 0.155. The molecule has 0 atom stereocenters. The Morgan fingerprint density at radius 3 is 2.29 bits per heavy atom. The predicted octanol–water partition coefficient (Wildman–Crippen LogP) is 3.51. The van der Waals surface area contributed by atoms with Crippen molar-refractivity contribution in [2.45, 2.75) is 32.6 Å². The molecule has 0 radical (unpaired) electrons. The van der Waals surface area contributed by atoms with E-state index in [9.17, 15) is 13.2 Å². The number of carbonyl (C=O) groups excluding carboxylic acids is 1. The van der Waals surface area contributed by atoms with Crippen molar-refractivity contribution in [3.05, 3.63) is 48.0 Å². The number of piperazine rings is 1. The number of rotatable bonds is 10. The number of anilines is 2. The second kappa shape index (κ2) is 11.7. The third kappa shape index (κ3) is 5.71. The van der Waals surface area contributed by atoms with Gasteiger partial charge in [0.05, 0.1) is 28.4 Å². The van der Waals surface area contributed by atoms with E-state index in [0.717, 1.165) is 38.4 Å². The van der Waals surface area contributed by atoms with Crippen molar-refractivity contribution in [2.75, 3.05) is 62.6 Å². The molecular weight excluding hydrogens is 452 g/mol. The van der Waals surface area contributed by atoms with Crippen LogP contribution in [-0.2, 0) is 10.0 Å². The summed E-state index contributed by atoms with van der Waals surface area (Å²) in [4.78, 5) is 18.0. The van der Waals surface area contributed by atoms with Crippen LogP contribution in [0.15, 0.2) is 47.4 Å². The van der Waals surface area contributed by atoms with Crippen molar-refractivity contribution in [3.63, 3.8) is 0 Å². The lowest BCUT2D eigenvalue weighted by molar-refractivity contribution is 0.102. The van der Waals surface area contributed by atoms with Crippen molar-refractivity contribution in [1.82, 2.24) is 9.21 Å². The Balaban J connectivity index is 2.00. The Bertz CT molecular complexity index is 1080. The molecule has 2 aromatic carbocycles. The van der Waals surface area contributed by atoms with Crippen LogP contribution < -0.4 is 15.0 Å². The Kier molecular flexibility index (Phi) is 8.93. The van der Waals surface area contributed by atoms with Gasteiger partial charge in [-0.15, -0.1) is 0 Å². The number of ether oxygens (including phenoxy) is 1. The second-order valence-corrected chi connectivity index (χ2v) is 10.0. The van der Waals surface area contributed by atoms with E-state index in [0.29, 0.717) is 36.7 Å². The number of amides is 1. The van der Waals surface area contributed by atoms with Gasteiger partial charge in [-0.1, -0.05) is 32.9 Å². The number of sulfonamides is 1. The van der Waals surface area contributed by atoms with Crippen LogP contribution >= 0.6 is 0 Å². The van der Waals surface area contributed by atoms with Crippen LogP contribution in [-0.4, -0.2) is 76.0 Å². The molecule has 8 nitrogen and oxygen atoms in total. The zero-order chi connectivity index (χ0) is 24.7. The van der Waals surface area contributed by atoms with Gasteiger partial charge in [-0.05, 0) is 43.8 Å². The van der Waals surface area contributed by atoms with E-state index in [1.54, 1.807) is 30.3 Å². The molecule has 0 spiro atoms. The van der Waals surface area contributed by atoms with Crippen LogP contribution in [0.4, 0.5) is 11.4 Å². The highest BCUT2D eigenvalue weighted by atomic mass is 32.2. The first-order valence-corrected chi connectivity index (χ1v) is 13.4. The highest BCUT2D eigenvalue weighted by Gasteiger charge is 2.26. The monoisotopic (exact) mass is 488 g/mol. The van der Waals surface area contributed by atoms with Crippen molar-refractivity contribution < 1.29 is 17.9 Å². The number of likely N-dealkylation sites (N-methyl/N-ethyl adjacent to an activating group) is 1. The lowest BCUT2D eigenvalue weighted by Gasteiger charge is -2.36. The van der Waals surface area contributed by atoms with E-state index in [1.807, 2.05) is 32.9 Å². The minimum atomic E-state index is -3.67. The molecule has 1 aliphatic rings. The molecule has 1 N–H and O–H groups in total. The van der Waals surface area contributed by atoms with Crippen LogP contribution in [0.5, 0.6) is 5.75 Å². The van der Waals surface area contributed by atoms with Gasteiger partial charge in [0.15, 0.2) is 0 Å².